The minimum Gasteiger partial charge on any atom is -0.782 e. The van der Waals surface area contributed by atoms with Crippen LogP contribution in [0.5, 0.6) is 0 Å². The van der Waals surface area contributed by atoms with Gasteiger partial charge >= 0.3 is 0 Å². The summed E-state index contributed by atoms with van der Waals surface area (Å²) in [6, 6.07) is 0. The molecule has 0 amide bonds. The molecule has 0 aromatic rings. The number of hydrogen-bond acceptors (Lipinski definition) is 3. The summed E-state index contributed by atoms with van der Waals surface area (Å²) in [5, 5.41) is 0. The maximum absolute atomic E-state index is 9.85. The van der Waals surface area contributed by atoms with Gasteiger partial charge < -0.3 is 17.4 Å². The van der Waals surface area contributed by atoms with E-state index in [4.69, 9.17) is 0 Å². The predicted octanol–water partition coefficient (Wildman–Crippen LogP) is 1.23. The molecule has 0 heterocycles. The normalized spacial score (nSPS) is 4.60. The van der Waals surface area contributed by atoms with Crippen molar-refractivity contribution in [2.75, 3.05) is 12.9 Å². The van der Waals surface area contributed by atoms with E-state index < -0.39 is 0 Å². The Morgan fingerprint density at radius 2 is 1.70 bits per heavy atom. The SMILES string of the molecule is C.C.C.COC(=O)C[S-].[Sn]. The van der Waals surface area contributed by atoms with E-state index in [0.717, 1.165) is 0 Å². The van der Waals surface area contributed by atoms with E-state index in [1.165, 1.54) is 7.11 Å². The molecule has 0 bridgehead atoms. The molecule has 0 aliphatic carbocycles. The van der Waals surface area contributed by atoms with Crippen molar-refractivity contribution in [3.8, 4) is 0 Å². The third-order valence-electron chi connectivity index (χ3n) is 0.346. The smallest absolute Gasteiger partial charge is 0.281 e. The minimum atomic E-state index is -0.343. The van der Waals surface area contributed by atoms with Gasteiger partial charge in [0.15, 0.2) is 0 Å². The first-order chi connectivity index (χ1) is 2.81. The van der Waals surface area contributed by atoms with Crippen LogP contribution in [0.1, 0.15) is 22.3 Å². The Morgan fingerprint density at radius 3 is 1.70 bits per heavy atom. The molecule has 0 unspecified atom stereocenters. The monoisotopic (exact) mass is 273 g/mol. The van der Waals surface area contributed by atoms with Crippen molar-refractivity contribution >= 4 is 42.5 Å². The quantitative estimate of drug-likeness (QED) is 0.408. The summed E-state index contributed by atoms with van der Waals surface area (Å²) in [6.45, 7) is 0. The second kappa shape index (κ2) is 22.6. The number of carbonyl (C=O) groups excluding carboxylic acids is 1. The average molecular weight is 272 g/mol. The van der Waals surface area contributed by atoms with Gasteiger partial charge in [0.1, 0.15) is 0 Å². The van der Waals surface area contributed by atoms with Crippen LogP contribution >= 0.6 is 0 Å². The van der Waals surface area contributed by atoms with Gasteiger partial charge in [-0.1, -0.05) is 28.0 Å². The molecule has 0 aliphatic heterocycles. The Morgan fingerprint density at radius 1 is 1.40 bits per heavy atom. The Labute approximate surface area is 87.1 Å². The molecule has 4 radical (unpaired) electrons. The van der Waals surface area contributed by atoms with Crippen molar-refractivity contribution in [3.63, 3.8) is 0 Å². The van der Waals surface area contributed by atoms with Gasteiger partial charge in [0.25, 0.3) is 5.97 Å². The van der Waals surface area contributed by atoms with Crippen molar-refractivity contribution < 1.29 is 9.53 Å². The van der Waals surface area contributed by atoms with E-state index in [1.54, 1.807) is 0 Å². The van der Waals surface area contributed by atoms with Crippen molar-refractivity contribution in [2.45, 2.75) is 22.3 Å². The molecule has 0 aromatic heterocycles. The van der Waals surface area contributed by atoms with Gasteiger partial charge in [-0.25, -0.2) is 0 Å². The Balaban J connectivity index is -0.0000000208. The topological polar surface area (TPSA) is 26.3 Å². The van der Waals surface area contributed by atoms with Crippen LogP contribution in [-0.2, 0) is 22.2 Å². The molecule has 4 heteroatoms. The molecule has 0 N–H and O–H groups in total. The summed E-state index contributed by atoms with van der Waals surface area (Å²) in [5.74, 6) is -0.291. The van der Waals surface area contributed by atoms with Crippen LogP contribution in [0.4, 0.5) is 0 Å². The van der Waals surface area contributed by atoms with E-state index in [0.29, 0.717) is 0 Å². The Kier molecular flexibility index (Phi) is 70.4. The predicted molar refractivity (Wildman–Crippen MR) is 50.2 cm³/mol. The molecule has 0 atom stereocenters. The second-order valence-corrected chi connectivity index (χ2v) is 1.01. The molecular formula is C6H17O2SSn-. The van der Waals surface area contributed by atoms with Crippen LogP contribution < -0.4 is 0 Å². The van der Waals surface area contributed by atoms with Crippen molar-refractivity contribution in [1.29, 1.82) is 0 Å². The standard InChI is InChI=1S/C3H6O2S.3CH4.Sn/c1-5-3(4)2-6;;;;/h6H,2H2,1H3;3*1H4;/p-1. The molecule has 0 fully saturated rings. The number of ether oxygens (including phenoxy) is 1. The van der Waals surface area contributed by atoms with Crippen LogP contribution in [0.2, 0.25) is 0 Å². The van der Waals surface area contributed by atoms with E-state index in [1.807, 2.05) is 0 Å². The van der Waals surface area contributed by atoms with Gasteiger partial charge in [0, 0.05) is 23.9 Å². The fraction of sp³-hybridized carbons (Fsp3) is 0.833. The molecule has 0 saturated heterocycles. The van der Waals surface area contributed by atoms with E-state index in [2.05, 4.69) is 17.4 Å². The van der Waals surface area contributed by atoms with E-state index in [9.17, 15) is 4.79 Å². The van der Waals surface area contributed by atoms with Crippen molar-refractivity contribution in [1.82, 2.24) is 0 Å². The molecule has 0 spiro atoms. The van der Waals surface area contributed by atoms with Crippen molar-refractivity contribution in [2.24, 2.45) is 0 Å². The first-order valence-corrected chi connectivity index (χ1v) is 2.04. The zero-order valence-corrected chi connectivity index (χ0v) is 7.60. The largest absolute Gasteiger partial charge is 0.782 e. The van der Waals surface area contributed by atoms with Gasteiger partial charge in [-0.3, -0.25) is 4.79 Å². The third-order valence-corrected chi connectivity index (χ3v) is 0.581. The van der Waals surface area contributed by atoms with Gasteiger partial charge in [-0.2, -0.15) is 0 Å². The summed E-state index contributed by atoms with van der Waals surface area (Å²) in [6.07, 6.45) is 0. The maximum atomic E-state index is 9.85. The van der Waals surface area contributed by atoms with Crippen molar-refractivity contribution in [3.05, 3.63) is 0 Å². The molecular weight excluding hydrogens is 255 g/mol. The van der Waals surface area contributed by atoms with E-state index in [-0.39, 0.29) is 57.9 Å². The summed E-state index contributed by atoms with van der Waals surface area (Å²) in [7, 11) is 1.31. The molecule has 0 rings (SSSR count). The number of rotatable bonds is 1. The summed E-state index contributed by atoms with van der Waals surface area (Å²) < 4.78 is 4.16. The van der Waals surface area contributed by atoms with Crippen LogP contribution in [0.3, 0.4) is 0 Å². The Hall–Kier alpha value is 0.619. The fourth-order valence-corrected chi connectivity index (χ4v) is 0.177. The first kappa shape index (κ1) is 31.1. The van der Waals surface area contributed by atoms with Gasteiger partial charge in [-0.05, 0) is 0 Å². The minimum absolute atomic E-state index is 0. The number of carbonyl (C=O) groups is 1. The number of methoxy groups -OCH3 is 1. The molecule has 2 nitrogen and oxygen atoms in total. The third kappa shape index (κ3) is 23.5. The first-order valence-electron chi connectivity index (χ1n) is 1.46. The summed E-state index contributed by atoms with van der Waals surface area (Å²) in [5.41, 5.74) is 0. The second-order valence-electron chi connectivity index (χ2n) is 0.720. The molecule has 64 valence electrons. The number of hydrogen-bond donors (Lipinski definition) is 0. The molecule has 10 heavy (non-hydrogen) atoms. The Bertz CT molecular complexity index is 53.7. The zero-order chi connectivity index (χ0) is 4.99. The summed E-state index contributed by atoms with van der Waals surface area (Å²) in [4.78, 5) is 9.85. The van der Waals surface area contributed by atoms with Gasteiger partial charge in [-0.15, -0.1) is 0 Å². The van der Waals surface area contributed by atoms with Gasteiger partial charge in [0.05, 0.1) is 7.11 Å². The summed E-state index contributed by atoms with van der Waals surface area (Å²) >= 11 is 4.30. The fourth-order valence-electron chi connectivity index (χ4n) is 0.0589. The molecule has 0 aromatic carbocycles. The molecule has 0 aliphatic rings. The van der Waals surface area contributed by atoms with Crippen LogP contribution in [-0.4, -0.2) is 42.7 Å². The van der Waals surface area contributed by atoms with Crippen LogP contribution in [0.15, 0.2) is 0 Å². The average Bonchev–Trinajstić information content (AvgIpc) is 1.65. The van der Waals surface area contributed by atoms with Crippen LogP contribution in [0.25, 0.3) is 0 Å². The molecule has 0 saturated carbocycles. The number of esters is 1. The van der Waals surface area contributed by atoms with Crippen LogP contribution in [0, 0.1) is 0 Å². The van der Waals surface area contributed by atoms with E-state index >= 15 is 0 Å². The zero-order valence-electron chi connectivity index (χ0n) is 3.93. The maximum Gasteiger partial charge on any atom is 0.281 e. The van der Waals surface area contributed by atoms with Gasteiger partial charge in [0.2, 0.25) is 0 Å².